The van der Waals surface area contributed by atoms with E-state index >= 15 is 4.79 Å². The summed E-state index contributed by atoms with van der Waals surface area (Å²) < 4.78 is 6.21. The molecule has 7 atom stereocenters. The number of hydrogen-bond acceptors (Lipinski definition) is 24. The molecule has 25 nitrogen and oxygen atoms in total. The van der Waals surface area contributed by atoms with Gasteiger partial charge in [0.2, 0.25) is 11.8 Å². The molecule has 12 rings (SSSR count). The number of nitrogens with two attached hydrogens (primary N) is 2. The van der Waals surface area contributed by atoms with E-state index in [0.717, 1.165) is 51.0 Å². The van der Waals surface area contributed by atoms with Crippen LogP contribution in [0.15, 0.2) is 106 Å². The Morgan fingerprint density at radius 3 is 2.13 bits per heavy atom. The fraction of sp³-hybridized carbons (Fsp3) is 0.250. The van der Waals surface area contributed by atoms with E-state index in [1.165, 1.54) is 50.9 Å². The maximum atomic E-state index is 15.7. The first-order valence-electron chi connectivity index (χ1n) is 28.2. The lowest BCUT2D eigenvalue weighted by Gasteiger charge is -2.29. The van der Waals surface area contributed by atoms with Crippen LogP contribution in [0.4, 0.5) is 0 Å². The number of ether oxygens (including phenoxy) is 1. The third-order valence-corrected chi connectivity index (χ3v) is 20.6. The number of aryl methyl sites for hydroxylation is 2. The van der Waals surface area contributed by atoms with E-state index in [-0.39, 0.29) is 57.9 Å². The average molecular weight is 1340 g/mol. The van der Waals surface area contributed by atoms with E-state index in [1.54, 1.807) is 89.7 Å². The molecule has 2 aromatic carbocycles. The molecule has 10 aromatic rings. The zero-order valence-corrected chi connectivity index (χ0v) is 52.9. The zero-order chi connectivity index (χ0) is 63.6. The molecule has 0 unspecified atom stereocenters. The molecule has 10 N–H and O–H groups in total. The number of H-pyrrole nitrogens is 1. The van der Waals surface area contributed by atoms with Crippen molar-refractivity contribution in [3.63, 3.8) is 0 Å². The van der Waals surface area contributed by atoms with Crippen LogP contribution >= 0.6 is 68.0 Å². The molecule has 6 amide bonds. The number of amides is 6. The molecule has 0 spiro atoms. The normalized spacial score (nSPS) is 19.0. The van der Waals surface area contributed by atoms with Crippen molar-refractivity contribution < 1.29 is 48.5 Å². The van der Waals surface area contributed by atoms with Crippen LogP contribution in [-0.4, -0.2) is 120 Å². The molecule has 0 radical (unpaired) electrons. The van der Waals surface area contributed by atoms with Gasteiger partial charge in [-0.2, -0.15) is 0 Å². The number of phenols is 1. The summed E-state index contributed by atoms with van der Waals surface area (Å²) in [6.07, 6.45) is 1.62. The Kier molecular flexibility index (Phi) is 18.1. The fourth-order valence-electron chi connectivity index (χ4n) is 10.5. The number of hydrogen-bond donors (Lipinski definition) is 8. The number of aromatic hydroxyl groups is 1. The van der Waals surface area contributed by atoms with Crippen molar-refractivity contribution in [3.8, 4) is 49.1 Å². The average Bonchev–Trinajstić information content (AvgIpc) is 1.67. The van der Waals surface area contributed by atoms with Gasteiger partial charge in [-0.05, 0) is 55.2 Å². The van der Waals surface area contributed by atoms with Crippen molar-refractivity contribution in [2.75, 3.05) is 6.54 Å². The highest BCUT2D eigenvalue weighted by atomic mass is 32.1. The molecule has 1 saturated heterocycles. The lowest BCUT2D eigenvalue weighted by atomic mass is 10.00. The number of rotatable bonds is 13. The minimum atomic E-state index is -1.43. The van der Waals surface area contributed by atoms with E-state index in [9.17, 15) is 39.0 Å². The summed E-state index contributed by atoms with van der Waals surface area (Å²) in [5, 5.41) is 41.0. The number of phenolic OH excluding ortho intramolecular Hbond substituents is 1. The molecule has 2 aliphatic heterocycles. The standard InChI is InChI=1S/C60H53N15O10S6/c1-27-42(85-44(78)10-6-9-31-19-63-26-64-31)20-75-48(27)59-72-41(25-90-59)56-68-37(21-87-56)46-33(15-16-34(65-46)55-69-38(22-88-55)50(62)80)54-70-39(23-86-54)51(81)66-35(18-43(61)77)57-74-45(28(2)91-57)53(83)73-47(49(79)30-7-4-3-5-8-30)58-71-40(24-89-58)52(82)67-36(60(75)84)17-29-11-13-32(76)14-12-29/h3-5,7-8,11-16,19,21-27,35-36,42,47-49,76,79H,6,9-10,17-18,20H2,1-2H3,(H2,61,77)(H2,62,80)(H,63,64)(H,66,81)(H,67,82)(H,73,83)/t27-,35-,36-,42-,47-,48-,49+/m0/s1. The third kappa shape index (κ3) is 13.6. The van der Waals surface area contributed by atoms with E-state index in [4.69, 9.17) is 36.1 Å². The molecule has 91 heavy (non-hydrogen) atoms. The molecule has 464 valence electrons. The molecule has 2 aliphatic rings. The number of imidazole rings is 1. The van der Waals surface area contributed by atoms with Crippen LogP contribution in [0.25, 0.3) is 43.4 Å². The quantitative estimate of drug-likeness (QED) is 0.0513. The Labute approximate surface area is 541 Å². The Morgan fingerprint density at radius 2 is 1.38 bits per heavy atom. The maximum absolute atomic E-state index is 15.7. The van der Waals surface area contributed by atoms with Gasteiger partial charge in [0.1, 0.15) is 99.9 Å². The SMILES string of the molecule is Cc1sc2nc1C(=O)N[C@@H]([C@H](O)c1ccccc1)c1nc(cs1)C(=O)N[C@@H](Cc1ccc(O)cc1)C(=O)N1C[C@H](OC(=O)CCCc3cnc[nH]3)[C@H](C)[C@H]1c1nc(cs1)-c1nc(cs1)-c1nc(-c3nc(C(N)=O)cs3)ccc1-c1nc(cs1)C(=O)N[C@H]2CC(N)=O. The summed E-state index contributed by atoms with van der Waals surface area (Å²) >= 11 is 6.84. The summed E-state index contributed by atoms with van der Waals surface area (Å²) in [5.74, 6) is -5.30. The first-order chi connectivity index (χ1) is 43.9. The lowest BCUT2D eigenvalue weighted by molar-refractivity contribution is -0.150. The Hall–Kier alpha value is -9.37. The lowest BCUT2D eigenvalue weighted by Crippen LogP contribution is -2.50. The number of pyridine rings is 1. The smallest absolute Gasteiger partial charge is 0.306 e. The number of aliphatic hydroxyl groups is 1. The van der Waals surface area contributed by atoms with Crippen LogP contribution in [0.5, 0.6) is 5.75 Å². The number of thiazole rings is 6. The first kappa shape index (κ1) is 61.9. The van der Waals surface area contributed by atoms with Crippen molar-refractivity contribution in [1.82, 2.24) is 65.7 Å². The number of aromatic nitrogens is 9. The second-order valence-electron chi connectivity index (χ2n) is 21.3. The molecule has 1 fully saturated rings. The Morgan fingerprint density at radius 1 is 0.703 bits per heavy atom. The molecule has 10 heterocycles. The van der Waals surface area contributed by atoms with Gasteiger partial charge < -0.3 is 52.3 Å². The third-order valence-electron chi connectivity index (χ3n) is 15.1. The number of esters is 1. The summed E-state index contributed by atoms with van der Waals surface area (Å²) in [6.45, 7) is 3.42. The van der Waals surface area contributed by atoms with E-state index in [0.29, 0.717) is 77.2 Å². The minimum absolute atomic E-state index is 0.0190. The van der Waals surface area contributed by atoms with Gasteiger partial charge in [0.15, 0.2) is 0 Å². The highest BCUT2D eigenvalue weighted by Crippen LogP contribution is 2.44. The Bertz CT molecular complexity index is 4370. The van der Waals surface area contributed by atoms with Crippen LogP contribution in [-0.2, 0) is 32.0 Å². The predicted octanol–water partition coefficient (Wildman–Crippen LogP) is 7.68. The second kappa shape index (κ2) is 26.6. The van der Waals surface area contributed by atoms with Crippen LogP contribution in [0.1, 0.15) is 129 Å². The van der Waals surface area contributed by atoms with Crippen molar-refractivity contribution >= 4 is 109 Å². The second-order valence-corrected chi connectivity index (χ2v) is 26.9. The monoisotopic (exact) mass is 1340 g/mol. The first-order valence-corrected chi connectivity index (χ1v) is 33.4. The van der Waals surface area contributed by atoms with Crippen molar-refractivity contribution in [2.24, 2.45) is 17.4 Å². The fourth-order valence-corrected chi connectivity index (χ4v) is 15.8. The number of fused-ring (bicyclic) bond motifs is 16. The number of primary amides is 2. The Balaban J connectivity index is 0.960. The van der Waals surface area contributed by atoms with Crippen molar-refractivity contribution in [1.29, 1.82) is 0 Å². The number of aliphatic hydroxyl groups excluding tert-OH is 1. The van der Waals surface area contributed by atoms with E-state index in [1.807, 2.05) is 6.92 Å². The van der Waals surface area contributed by atoms with Crippen LogP contribution in [0.2, 0.25) is 0 Å². The van der Waals surface area contributed by atoms with Gasteiger partial charge in [-0.25, -0.2) is 39.9 Å². The molecule has 8 aromatic heterocycles. The number of benzene rings is 2. The predicted molar refractivity (Wildman–Crippen MR) is 340 cm³/mol. The van der Waals surface area contributed by atoms with Gasteiger partial charge >= 0.3 is 5.97 Å². The topological polar surface area (TPSA) is 379 Å². The number of carbonyl (C=O) groups excluding carboxylic acids is 7. The zero-order valence-electron chi connectivity index (χ0n) is 48.0. The van der Waals surface area contributed by atoms with E-state index < -0.39 is 90.1 Å². The summed E-state index contributed by atoms with van der Waals surface area (Å²) in [5.41, 5.74) is 15.0. The number of nitrogens with one attached hydrogen (secondary N) is 4. The van der Waals surface area contributed by atoms with Gasteiger partial charge in [-0.1, -0.05) is 49.4 Å². The van der Waals surface area contributed by atoms with Gasteiger partial charge in [0.05, 0.1) is 37.1 Å². The van der Waals surface area contributed by atoms with Gasteiger partial charge in [0.25, 0.3) is 23.6 Å². The highest BCUT2D eigenvalue weighted by molar-refractivity contribution is 7.15. The van der Waals surface area contributed by atoms with Crippen molar-refractivity contribution in [2.45, 2.75) is 82.3 Å². The summed E-state index contributed by atoms with van der Waals surface area (Å²) in [6, 6.07) is 13.6. The number of nitrogens with zero attached hydrogens (tertiary/aromatic N) is 9. The summed E-state index contributed by atoms with van der Waals surface area (Å²) in [7, 11) is 0. The van der Waals surface area contributed by atoms with Crippen LogP contribution in [0, 0.1) is 12.8 Å². The molecule has 10 bridgehead atoms. The van der Waals surface area contributed by atoms with Crippen LogP contribution < -0.4 is 27.4 Å². The van der Waals surface area contributed by atoms with Gasteiger partial charge in [-0.15, -0.1) is 68.0 Å². The summed E-state index contributed by atoms with van der Waals surface area (Å²) in [4.78, 5) is 140. The molecular weight excluding hydrogens is 1280 g/mol. The molecule has 0 aliphatic carbocycles. The number of aromatic amines is 1. The van der Waals surface area contributed by atoms with Gasteiger partial charge in [0, 0.05) is 68.0 Å². The van der Waals surface area contributed by atoms with Crippen molar-refractivity contribution in [3.05, 3.63) is 166 Å². The molecular formula is C60H53N15O10S6. The molecule has 31 heteroatoms. The van der Waals surface area contributed by atoms with Crippen LogP contribution in [0.3, 0.4) is 0 Å². The van der Waals surface area contributed by atoms with Gasteiger partial charge in [-0.3, -0.25) is 33.6 Å². The van der Waals surface area contributed by atoms with E-state index in [2.05, 4.69) is 40.9 Å². The molecule has 0 saturated carbocycles. The largest absolute Gasteiger partial charge is 0.508 e. The minimum Gasteiger partial charge on any atom is -0.508 e. The number of carbonyl (C=O) groups is 7. The maximum Gasteiger partial charge on any atom is 0.306 e. The highest BCUT2D eigenvalue weighted by Gasteiger charge is 2.48.